The summed E-state index contributed by atoms with van der Waals surface area (Å²) in [6.07, 6.45) is 0. The lowest BCUT2D eigenvalue weighted by Gasteiger charge is -2.24. The van der Waals surface area contributed by atoms with Crippen LogP contribution in [-0.4, -0.2) is 23.9 Å². The highest BCUT2D eigenvalue weighted by atomic mass is 79.9. The van der Waals surface area contributed by atoms with E-state index in [4.69, 9.17) is 0 Å². The summed E-state index contributed by atoms with van der Waals surface area (Å²) in [5.74, 6) is -0.714. The summed E-state index contributed by atoms with van der Waals surface area (Å²) in [5.41, 5.74) is 1.27. The van der Waals surface area contributed by atoms with Crippen molar-refractivity contribution in [3.63, 3.8) is 0 Å². The van der Waals surface area contributed by atoms with Gasteiger partial charge in [-0.1, -0.05) is 50.1 Å². The first kappa shape index (κ1) is 18.1. The van der Waals surface area contributed by atoms with Crippen molar-refractivity contribution in [3.8, 4) is 0 Å². The molecule has 0 aromatic heterocycles. The number of anilines is 1. The van der Waals surface area contributed by atoms with Gasteiger partial charge in [0.25, 0.3) is 0 Å². The zero-order chi connectivity index (χ0) is 17.0. The van der Waals surface area contributed by atoms with Crippen LogP contribution in [0, 0.1) is 5.82 Å². The van der Waals surface area contributed by atoms with E-state index in [2.05, 4.69) is 37.2 Å². The fraction of sp³-hybridized carbons (Fsp3) is 0.235. The van der Waals surface area contributed by atoms with E-state index < -0.39 is 11.9 Å². The number of rotatable bonds is 5. The lowest BCUT2D eigenvalue weighted by molar-refractivity contribution is -0.120. The van der Waals surface area contributed by atoms with Gasteiger partial charge in [0, 0.05) is 15.5 Å². The second-order valence-electron chi connectivity index (χ2n) is 5.30. The summed E-state index contributed by atoms with van der Waals surface area (Å²) in [4.78, 5) is 14.2. The van der Waals surface area contributed by atoms with Crippen molar-refractivity contribution < 1.29 is 9.18 Å². The van der Waals surface area contributed by atoms with E-state index in [1.165, 1.54) is 12.1 Å². The lowest BCUT2D eigenvalue weighted by Crippen LogP contribution is -2.39. The standard InChI is InChI=1S/C17H17Br2FN2O/c1-11(22(2)10-12-5-3-4-6-14(12)19)17(23)21-16-8-7-13(18)9-15(16)20/h3-9,11H,10H2,1-2H3,(H,21,23). The van der Waals surface area contributed by atoms with Gasteiger partial charge in [-0.15, -0.1) is 0 Å². The zero-order valence-electron chi connectivity index (χ0n) is 12.8. The molecule has 1 atom stereocenters. The molecule has 1 unspecified atom stereocenters. The Labute approximate surface area is 152 Å². The van der Waals surface area contributed by atoms with Crippen molar-refractivity contribution in [2.75, 3.05) is 12.4 Å². The molecule has 0 aliphatic rings. The average Bonchev–Trinajstić information content (AvgIpc) is 2.51. The van der Waals surface area contributed by atoms with Crippen molar-refractivity contribution >= 4 is 43.5 Å². The van der Waals surface area contributed by atoms with Crippen LogP contribution in [0.15, 0.2) is 51.4 Å². The second-order valence-corrected chi connectivity index (χ2v) is 7.07. The number of hydrogen-bond acceptors (Lipinski definition) is 2. The van der Waals surface area contributed by atoms with Crippen LogP contribution < -0.4 is 5.32 Å². The van der Waals surface area contributed by atoms with Crippen LogP contribution in [0.3, 0.4) is 0 Å². The van der Waals surface area contributed by atoms with Crippen LogP contribution in [0.1, 0.15) is 12.5 Å². The Morgan fingerprint density at radius 3 is 2.61 bits per heavy atom. The molecule has 0 aliphatic carbocycles. The monoisotopic (exact) mass is 442 g/mol. The maximum Gasteiger partial charge on any atom is 0.241 e. The largest absolute Gasteiger partial charge is 0.322 e. The smallest absolute Gasteiger partial charge is 0.241 e. The molecule has 1 N–H and O–H groups in total. The molecule has 0 aliphatic heterocycles. The molecule has 0 radical (unpaired) electrons. The predicted octanol–water partition coefficient (Wildman–Crippen LogP) is 4.81. The van der Waals surface area contributed by atoms with Gasteiger partial charge in [0.2, 0.25) is 5.91 Å². The van der Waals surface area contributed by atoms with E-state index in [0.717, 1.165) is 10.0 Å². The number of hydrogen-bond donors (Lipinski definition) is 1. The number of benzene rings is 2. The Hall–Kier alpha value is -1.24. The third-order valence-electron chi connectivity index (χ3n) is 3.61. The first-order chi connectivity index (χ1) is 10.9. The molecule has 122 valence electrons. The minimum atomic E-state index is -0.464. The number of nitrogens with zero attached hydrogens (tertiary/aromatic N) is 1. The average molecular weight is 444 g/mol. The molecule has 6 heteroatoms. The molecule has 2 aromatic carbocycles. The van der Waals surface area contributed by atoms with E-state index in [9.17, 15) is 9.18 Å². The third kappa shape index (κ3) is 4.86. The van der Waals surface area contributed by atoms with Crippen LogP contribution in [0.25, 0.3) is 0 Å². The summed E-state index contributed by atoms with van der Waals surface area (Å²) >= 11 is 6.69. The number of likely N-dealkylation sites (N-methyl/N-ethyl adjacent to an activating group) is 1. The quantitative estimate of drug-likeness (QED) is 0.719. The molecule has 0 spiro atoms. The predicted molar refractivity (Wildman–Crippen MR) is 97.8 cm³/mol. The topological polar surface area (TPSA) is 32.3 Å². The van der Waals surface area contributed by atoms with Gasteiger partial charge in [0.05, 0.1) is 11.7 Å². The summed E-state index contributed by atoms with van der Waals surface area (Å²) in [5, 5.41) is 2.63. The van der Waals surface area contributed by atoms with Crippen molar-refractivity contribution in [1.29, 1.82) is 0 Å². The Bertz CT molecular complexity index is 709. The molecular formula is C17H17Br2FN2O. The van der Waals surface area contributed by atoms with E-state index in [1.807, 2.05) is 36.2 Å². The highest BCUT2D eigenvalue weighted by molar-refractivity contribution is 9.10. The molecular weight excluding hydrogens is 427 g/mol. The van der Waals surface area contributed by atoms with Crippen molar-refractivity contribution in [3.05, 3.63) is 62.8 Å². The van der Waals surface area contributed by atoms with E-state index in [-0.39, 0.29) is 11.6 Å². The molecule has 2 aromatic rings. The summed E-state index contributed by atoms with van der Waals surface area (Å²) in [6, 6.07) is 12.0. The van der Waals surface area contributed by atoms with Crippen molar-refractivity contribution in [2.24, 2.45) is 0 Å². The van der Waals surface area contributed by atoms with Gasteiger partial charge in [-0.3, -0.25) is 9.69 Å². The first-order valence-electron chi connectivity index (χ1n) is 7.08. The maximum absolute atomic E-state index is 13.8. The molecule has 0 heterocycles. The van der Waals surface area contributed by atoms with Gasteiger partial charge in [0.1, 0.15) is 5.82 Å². The summed E-state index contributed by atoms with van der Waals surface area (Å²) in [7, 11) is 1.86. The Morgan fingerprint density at radius 1 is 1.26 bits per heavy atom. The van der Waals surface area contributed by atoms with Gasteiger partial charge >= 0.3 is 0 Å². The number of nitrogens with one attached hydrogen (secondary N) is 1. The highest BCUT2D eigenvalue weighted by Crippen LogP contribution is 2.21. The fourth-order valence-electron chi connectivity index (χ4n) is 2.06. The van der Waals surface area contributed by atoms with Crippen LogP contribution in [0.4, 0.5) is 10.1 Å². The molecule has 0 bridgehead atoms. The Morgan fingerprint density at radius 2 is 1.96 bits per heavy atom. The molecule has 0 saturated heterocycles. The van der Waals surface area contributed by atoms with Crippen LogP contribution in [0.5, 0.6) is 0 Å². The SMILES string of the molecule is CC(C(=O)Nc1ccc(Br)cc1F)N(C)Cc1ccccc1Br. The molecule has 23 heavy (non-hydrogen) atoms. The maximum atomic E-state index is 13.8. The van der Waals surface area contributed by atoms with Crippen molar-refractivity contribution in [1.82, 2.24) is 4.90 Å². The van der Waals surface area contributed by atoms with E-state index in [1.54, 1.807) is 13.0 Å². The molecule has 1 amide bonds. The molecule has 0 fully saturated rings. The summed E-state index contributed by atoms with van der Waals surface area (Å²) in [6.45, 7) is 2.40. The second kappa shape index (κ2) is 8.04. The first-order valence-corrected chi connectivity index (χ1v) is 8.66. The number of carbonyl (C=O) groups excluding carboxylic acids is 1. The summed E-state index contributed by atoms with van der Waals surface area (Å²) < 4.78 is 15.4. The minimum absolute atomic E-state index is 0.180. The van der Waals surface area contributed by atoms with Gasteiger partial charge in [0.15, 0.2) is 0 Å². The molecule has 3 nitrogen and oxygen atoms in total. The van der Waals surface area contributed by atoms with Gasteiger partial charge < -0.3 is 5.32 Å². The Balaban J connectivity index is 2.02. The van der Waals surface area contributed by atoms with Gasteiger partial charge in [-0.2, -0.15) is 0 Å². The normalized spacial score (nSPS) is 12.3. The van der Waals surface area contributed by atoms with Crippen molar-refractivity contribution in [2.45, 2.75) is 19.5 Å². The van der Waals surface area contributed by atoms with E-state index >= 15 is 0 Å². The van der Waals surface area contributed by atoms with Crippen LogP contribution in [0.2, 0.25) is 0 Å². The third-order valence-corrected chi connectivity index (χ3v) is 4.87. The van der Waals surface area contributed by atoms with Crippen LogP contribution in [-0.2, 0) is 11.3 Å². The minimum Gasteiger partial charge on any atom is -0.322 e. The lowest BCUT2D eigenvalue weighted by atomic mass is 10.2. The van der Waals surface area contributed by atoms with Crippen LogP contribution >= 0.6 is 31.9 Å². The van der Waals surface area contributed by atoms with Gasteiger partial charge in [-0.25, -0.2) is 4.39 Å². The molecule has 0 saturated carbocycles. The van der Waals surface area contributed by atoms with E-state index in [0.29, 0.717) is 11.0 Å². The number of halogens is 3. The highest BCUT2D eigenvalue weighted by Gasteiger charge is 2.20. The number of carbonyl (C=O) groups is 1. The zero-order valence-corrected chi connectivity index (χ0v) is 16.0. The van der Waals surface area contributed by atoms with Gasteiger partial charge in [-0.05, 0) is 43.8 Å². The fourth-order valence-corrected chi connectivity index (χ4v) is 2.80. The molecule has 2 rings (SSSR count). The number of amides is 1. The Kier molecular flexibility index (Phi) is 6.33.